The smallest absolute Gasteiger partial charge is 0.181 e. The maximum absolute atomic E-state index is 12.8. The molecule has 0 aromatic carbocycles. The average Bonchev–Trinajstić information content (AvgIpc) is 3.34. The Bertz CT molecular complexity index is 1220. The molecule has 0 aliphatic heterocycles. The van der Waals surface area contributed by atoms with Crippen molar-refractivity contribution in [3.8, 4) is 0 Å². The van der Waals surface area contributed by atoms with Gasteiger partial charge in [0.05, 0.1) is 23.0 Å². The van der Waals surface area contributed by atoms with Crippen LogP contribution in [0.2, 0.25) is 0 Å². The lowest BCUT2D eigenvalue weighted by Crippen LogP contribution is -2.15. The van der Waals surface area contributed by atoms with Crippen LogP contribution < -0.4 is 0 Å². The molecule has 160 valence electrons. The van der Waals surface area contributed by atoms with E-state index in [4.69, 9.17) is 0 Å². The van der Waals surface area contributed by atoms with Crippen molar-refractivity contribution >= 4 is 28.2 Å². The number of aromatic nitrogens is 6. The quantitative estimate of drug-likeness (QED) is 0.416. The molecule has 0 fully saturated rings. The summed E-state index contributed by atoms with van der Waals surface area (Å²) in [4.78, 5) is 36.0. The Balaban J connectivity index is 1.42. The third-order valence-corrected chi connectivity index (χ3v) is 6.41. The Morgan fingerprint density at radius 2 is 1.81 bits per heavy atom. The van der Waals surface area contributed by atoms with E-state index in [-0.39, 0.29) is 17.1 Å². The first-order chi connectivity index (χ1) is 14.7. The molecule has 0 amide bonds. The molecule has 4 heterocycles. The van der Waals surface area contributed by atoms with Crippen LogP contribution in [-0.4, -0.2) is 35.3 Å². The van der Waals surface area contributed by atoms with E-state index in [2.05, 4.69) is 52.6 Å². The highest BCUT2D eigenvalue weighted by molar-refractivity contribution is 7.11. The molecule has 1 atom stereocenters. The predicted molar refractivity (Wildman–Crippen MR) is 122 cm³/mol. The molecule has 8 heteroatoms. The summed E-state index contributed by atoms with van der Waals surface area (Å²) in [5.74, 6) is 0.931. The number of carbonyl (C=O) groups is 1. The average molecular weight is 435 g/mol. The molecule has 4 aromatic heterocycles. The number of pyridine rings is 1. The van der Waals surface area contributed by atoms with Crippen LogP contribution in [0.25, 0.3) is 11.0 Å². The van der Waals surface area contributed by atoms with E-state index in [0.29, 0.717) is 18.5 Å². The molecule has 0 radical (unpaired) electrons. The molecule has 31 heavy (non-hydrogen) atoms. The van der Waals surface area contributed by atoms with E-state index >= 15 is 0 Å². The van der Waals surface area contributed by atoms with Crippen LogP contribution in [-0.2, 0) is 18.9 Å². The zero-order valence-corrected chi connectivity index (χ0v) is 19.3. The molecule has 7 nitrogen and oxygen atoms in total. The number of thiazole rings is 1. The first-order valence-corrected chi connectivity index (χ1v) is 11.1. The van der Waals surface area contributed by atoms with Gasteiger partial charge in [0.2, 0.25) is 0 Å². The van der Waals surface area contributed by atoms with Gasteiger partial charge in [-0.25, -0.2) is 19.9 Å². The Labute approximate surface area is 185 Å². The van der Waals surface area contributed by atoms with Crippen molar-refractivity contribution in [3.63, 3.8) is 0 Å². The Morgan fingerprint density at radius 1 is 1.06 bits per heavy atom. The summed E-state index contributed by atoms with van der Waals surface area (Å²) in [5.41, 5.74) is 3.14. The van der Waals surface area contributed by atoms with Gasteiger partial charge in [-0.3, -0.25) is 9.78 Å². The highest BCUT2D eigenvalue weighted by Crippen LogP contribution is 2.28. The molecular weight excluding hydrogens is 408 g/mol. The number of ketones is 1. The second-order valence-corrected chi connectivity index (χ2v) is 10.1. The minimum Gasteiger partial charge on any atom is -0.334 e. The zero-order chi connectivity index (χ0) is 22.2. The van der Waals surface area contributed by atoms with Gasteiger partial charge in [0.25, 0.3) is 0 Å². The maximum Gasteiger partial charge on any atom is 0.181 e. The highest BCUT2D eigenvalue weighted by Gasteiger charge is 2.19. The van der Waals surface area contributed by atoms with Crippen LogP contribution in [0.3, 0.4) is 0 Å². The van der Waals surface area contributed by atoms with Gasteiger partial charge in [-0.1, -0.05) is 27.7 Å². The minimum absolute atomic E-state index is 0.0247. The topological polar surface area (TPSA) is 86.5 Å². The highest BCUT2D eigenvalue weighted by atomic mass is 32.1. The summed E-state index contributed by atoms with van der Waals surface area (Å²) in [5, 5.41) is 0.996. The van der Waals surface area contributed by atoms with Crippen molar-refractivity contribution in [3.05, 3.63) is 64.1 Å². The van der Waals surface area contributed by atoms with Crippen LogP contribution in [0.4, 0.5) is 0 Å². The third-order valence-electron chi connectivity index (χ3n) is 5.18. The van der Waals surface area contributed by atoms with Gasteiger partial charge in [0.15, 0.2) is 5.78 Å². The zero-order valence-electron chi connectivity index (χ0n) is 18.5. The fraction of sp³-hybridized carbons (Fsp3) is 0.391. The lowest BCUT2D eigenvalue weighted by atomic mass is 9.96. The molecule has 0 saturated heterocycles. The largest absolute Gasteiger partial charge is 0.334 e. The van der Waals surface area contributed by atoms with Crippen molar-refractivity contribution in [2.45, 2.75) is 51.9 Å². The van der Waals surface area contributed by atoms with Crippen LogP contribution >= 0.6 is 11.3 Å². The molecule has 0 unspecified atom stereocenters. The van der Waals surface area contributed by atoms with Crippen LogP contribution in [0.5, 0.6) is 0 Å². The number of nitrogens with zero attached hydrogens (tertiary/aromatic N) is 6. The van der Waals surface area contributed by atoms with Crippen LogP contribution in [0.15, 0.2) is 37.2 Å². The van der Waals surface area contributed by atoms with E-state index in [0.717, 1.165) is 32.3 Å². The summed E-state index contributed by atoms with van der Waals surface area (Å²) in [6, 6.07) is 1.82. The van der Waals surface area contributed by atoms with E-state index < -0.39 is 0 Å². The van der Waals surface area contributed by atoms with Crippen LogP contribution in [0, 0.1) is 0 Å². The lowest BCUT2D eigenvalue weighted by Gasteiger charge is -2.15. The van der Waals surface area contributed by atoms with Gasteiger partial charge in [-0.2, -0.15) is 0 Å². The van der Waals surface area contributed by atoms with Gasteiger partial charge >= 0.3 is 0 Å². The Kier molecular flexibility index (Phi) is 5.66. The van der Waals surface area contributed by atoms with Crippen molar-refractivity contribution in [2.24, 2.45) is 7.05 Å². The molecule has 0 aliphatic rings. The van der Waals surface area contributed by atoms with E-state index in [1.54, 1.807) is 23.9 Å². The molecule has 4 rings (SSSR count). The summed E-state index contributed by atoms with van der Waals surface area (Å²) in [7, 11) is 1.91. The molecule has 0 bridgehead atoms. The molecule has 0 spiro atoms. The number of imidazole rings is 1. The normalized spacial score (nSPS) is 12.9. The van der Waals surface area contributed by atoms with E-state index in [9.17, 15) is 4.79 Å². The number of hydrogen-bond donors (Lipinski definition) is 0. The minimum atomic E-state index is -0.0645. The first-order valence-electron chi connectivity index (χ1n) is 10.3. The lowest BCUT2D eigenvalue weighted by molar-refractivity contribution is 0.0971. The van der Waals surface area contributed by atoms with Crippen molar-refractivity contribution in [2.75, 3.05) is 0 Å². The fourth-order valence-corrected chi connectivity index (χ4v) is 4.31. The second-order valence-electron chi connectivity index (χ2n) is 8.94. The first kappa shape index (κ1) is 21.2. The van der Waals surface area contributed by atoms with Crippen LogP contribution in [0.1, 0.15) is 71.8 Å². The third kappa shape index (κ3) is 4.69. The summed E-state index contributed by atoms with van der Waals surface area (Å²) in [6.07, 6.45) is 10.1. The predicted octanol–water partition coefficient (Wildman–Crippen LogP) is 4.48. The monoisotopic (exact) mass is 434 g/mol. The van der Waals surface area contributed by atoms with Gasteiger partial charge in [0.1, 0.15) is 17.0 Å². The van der Waals surface area contributed by atoms with Crippen molar-refractivity contribution in [1.29, 1.82) is 0 Å². The fourth-order valence-electron chi connectivity index (χ4n) is 3.31. The number of rotatable bonds is 6. The van der Waals surface area contributed by atoms with E-state index in [1.807, 2.05) is 36.3 Å². The number of fused-ring (bicyclic) bond motifs is 1. The molecule has 4 aromatic rings. The van der Waals surface area contributed by atoms with Gasteiger partial charge < -0.3 is 4.57 Å². The molecule has 0 saturated carbocycles. The summed E-state index contributed by atoms with van der Waals surface area (Å²) in [6.45, 7) is 8.35. The van der Waals surface area contributed by atoms with E-state index in [1.165, 1.54) is 0 Å². The Hall–Kier alpha value is -3.00. The van der Waals surface area contributed by atoms with Crippen molar-refractivity contribution in [1.82, 2.24) is 29.5 Å². The SMILES string of the molecule is C[C@H](CC(=O)c1cc2c(cn1)ncn2C)c1cnc(Cc2cnc(C(C)(C)C)nc2)s1. The molecule has 0 N–H and O–H groups in total. The number of carbonyl (C=O) groups excluding carboxylic acids is 1. The van der Waals surface area contributed by atoms with Crippen molar-refractivity contribution < 1.29 is 4.79 Å². The summed E-state index contributed by atoms with van der Waals surface area (Å²) < 4.78 is 1.89. The van der Waals surface area contributed by atoms with Gasteiger partial charge in [-0.15, -0.1) is 11.3 Å². The van der Waals surface area contributed by atoms with Gasteiger partial charge in [0, 0.05) is 48.8 Å². The number of Topliss-reactive ketones (excluding diaryl/α,β-unsaturated/α-hetero) is 1. The second kappa shape index (κ2) is 8.26. The molecule has 0 aliphatic carbocycles. The number of hydrogen-bond acceptors (Lipinski definition) is 7. The maximum atomic E-state index is 12.8. The Morgan fingerprint density at radius 3 is 2.52 bits per heavy atom. The van der Waals surface area contributed by atoms with Gasteiger partial charge in [-0.05, 0) is 17.5 Å². The summed E-state index contributed by atoms with van der Waals surface area (Å²) >= 11 is 1.64. The number of aryl methyl sites for hydroxylation is 1. The standard InChI is InChI=1S/C23H26N6OS/c1-14(6-19(30)16-8-18-17(11-24-16)28-13-29(18)5)20-12-25-21(31-20)7-15-9-26-22(27-10-15)23(2,3)4/h8-14H,6-7H2,1-5H3/t14-/m1/s1. The molecular formula is C23H26N6OS.